The third-order valence-electron chi connectivity index (χ3n) is 3.53. The van der Waals surface area contributed by atoms with E-state index < -0.39 is 5.97 Å². The molecule has 0 radical (unpaired) electrons. The Morgan fingerprint density at radius 1 is 1.13 bits per heavy atom. The maximum Gasteiger partial charge on any atom is 0.372 e. The minimum absolute atomic E-state index is 0.0688. The van der Waals surface area contributed by atoms with E-state index in [0.29, 0.717) is 17.9 Å². The highest BCUT2D eigenvalue weighted by atomic mass is 16.5. The van der Waals surface area contributed by atoms with Gasteiger partial charge in [-0.2, -0.15) is 0 Å². The minimum atomic E-state index is -1.09. The molecule has 2 aromatic carbocycles. The lowest BCUT2D eigenvalue weighted by molar-refractivity contribution is 0.0663. The Morgan fingerprint density at radius 3 is 2.65 bits per heavy atom. The first-order chi connectivity index (χ1) is 11.1. The quantitative estimate of drug-likeness (QED) is 0.752. The van der Waals surface area contributed by atoms with Crippen molar-refractivity contribution in [1.82, 2.24) is 0 Å². The molecule has 3 aromatic rings. The van der Waals surface area contributed by atoms with E-state index in [9.17, 15) is 4.79 Å². The zero-order valence-corrected chi connectivity index (χ0v) is 12.7. The van der Waals surface area contributed by atoms with Crippen molar-refractivity contribution >= 4 is 5.97 Å². The first-order valence-corrected chi connectivity index (χ1v) is 7.23. The summed E-state index contributed by atoms with van der Waals surface area (Å²) < 4.78 is 10.8. The summed E-state index contributed by atoms with van der Waals surface area (Å²) in [5.74, 6) is -0.475. The molecule has 0 amide bonds. The molecule has 0 atom stereocenters. The first-order valence-electron chi connectivity index (χ1n) is 7.23. The minimum Gasteiger partial charge on any atom is -0.489 e. The summed E-state index contributed by atoms with van der Waals surface area (Å²) in [5, 5.41) is 9.13. The Morgan fingerprint density at radius 2 is 1.91 bits per heavy atom. The van der Waals surface area contributed by atoms with Crippen LogP contribution in [-0.4, -0.2) is 11.1 Å². The summed E-state index contributed by atoms with van der Waals surface area (Å²) >= 11 is 0. The number of furan rings is 1. The molecule has 0 unspecified atom stereocenters. The molecule has 1 N–H and O–H groups in total. The van der Waals surface area contributed by atoms with Gasteiger partial charge in [0, 0.05) is 5.56 Å². The van der Waals surface area contributed by atoms with Crippen molar-refractivity contribution in [2.45, 2.75) is 13.5 Å². The van der Waals surface area contributed by atoms with E-state index >= 15 is 0 Å². The van der Waals surface area contributed by atoms with E-state index in [4.69, 9.17) is 14.3 Å². The number of benzene rings is 2. The van der Waals surface area contributed by atoms with E-state index in [1.165, 1.54) is 11.8 Å². The highest BCUT2D eigenvalue weighted by Crippen LogP contribution is 2.28. The number of aromatic carboxylic acids is 1. The summed E-state index contributed by atoms with van der Waals surface area (Å²) in [5.41, 5.74) is 3.57. The fourth-order valence-corrected chi connectivity index (χ4v) is 2.31. The molecule has 0 aliphatic heterocycles. The topological polar surface area (TPSA) is 59.7 Å². The molecule has 0 aliphatic rings. The van der Waals surface area contributed by atoms with Gasteiger partial charge in [-0.3, -0.25) is 0 Å². The first kappa shape index (κ1) is 14.9. The second-order valence-corrected chi connectivity index (χ2v) is 5.27. The predicted molar refractivity (Wildman–Crippen MR) is 86.6 cm³/mol. The zero-order chi connectivity index (χ0) is 16.2. The number of ether oxygens (including phenoxy) is 1. The zero-order valence-electron chi connectivity index (χ0n) is 12.7. The van der Waals surface area contributed by atoms with E-state index in [2.05, 4.69) is 0 Å². The number of carboxylic acids is 1. The number of aryl methyl sites for hydroxylation is 1. The van der Waals surface area contributed by atoms with Gasteiger partial charge in [-0.15, -0.1) is 0 Å². The molecule has 23 heavy (non-hydrogen) atoms. The number of carboxylic acid groups (broad SMARTS) is 1. The van der Waals surface area contributed by atoms with Crippen LogP contribution in [0.1, 0.15) is 21.7 Å². The smallest absolute Gasteiger partial charge is 0.372 e. The molecule has 0 saturated carbocycles. The molecule has 0 saturated heterocycles. The second kappa shape index (κ2) is 6.40. The van der Waals surface area contributed by atoms with Gasteiger partial charge in [0.25, 0.3) is 0 Å². The van der Waals surface area contributed by atoms with Crippen molar-refractivity contribution in [3.05, 3.63) is 77.7 Å². The van der Waals surface area contributed by atoms with E-state index in [1.54, 1.807) is 6.07 Å². The van der Waals surface area contributed by atoms with Gasteiger partial charge < -0.3 is 14.3 Å². The van der Waals surface area contributed by atoms with Crippen molar-refractivity contribution in [1.29, 1.82) is 0 Å². The normalized spacial score (nSPS) is 10.5. The van der Waals surface area contributed by atoms with Gasteiger partial charge >= 0.3 is 5.97 Å². The van der Waals surface area contributed by atoms with E-state index in [-0.39, 0.29) is 5.76 Å². The molecule has 0 spiro atoms. The molecular weight excluding hydrogens is 292 g/mol. The highest BCUT2D eigenvalue weighted by molar-refractivity contribution is 5.93. The van der Waals surface area contributed by atoms with Crippen molar-refractivity contribution in [2.75, 3.05) is 0 Å². The fourth-order valence-electron chi connectivity index (χ4n) is 2.31. The van der Waals surface area contributed by atoms with Gasteiger partial charge in [-0.25, -0.2) is 4.79 Å². The Labute approximate surface area is 134 Å². The van der Waals surface area contributed by atoms with Crippen molar-refractivity contribution < 1.29 is 19.1 Å². The maximum absolute atomic E-state index is 11.2. The second-order valence-electron chi connectivity index (χ2n) is 5.27. The fraction of sp³-hybridized carbons (Fsp3) is 0.105. The van der Waals surface area contributed by atoms with Gasteiger partial charge in [0.15, 0.2) is 0 Å². The SMILES string of the molecule is Cc1ccc(COc2cccc(-c3ccoc3C(=O)O)c2)cc1. The average molecular weight is 308 g/mol. The summed E-state index contributed by atoms with van der Waals surface area (Å²) in [7, 11) is 0. The standard InChI is InChI=1S/C19H16O4/c1-13-5-7-14(8-6-13)12-23-16-4-2-3-15(11-16)17-9-10-22-18(17)19(20)21/h2-11H,12H2,1H3,(H,20,21). The van der Waals surface area contributed by atoms with Crippen LogP contribution < -0.4 is 4.74 Å². The number of carbonyl (C=O) groups is 1. The van der Waals surface area contributed by atoms with Crippen LogP contribution in [0.2, 0.25) is 0 Å². The van der Waals surface area contributed by atoms with Crippen LogP contribution in [0.4, 0.5) is 0 Å². The van der Waals surface area contributed by atoms with Gasteiger partial charge in [0.1, 0.15) is 12.4 Å². The third kappa shape index (κ3) is 3.43. The summed E-state index contributed by atoms with van der Waals surface area (Å²) in [4.78, 5) is 11.2. The Hall–Kier alpha value is -3.01. The van der Waals surface area contributed by atoms with Crippen LogP contribution >= 0.6 is 0 Å². The van der Waals surface area contributed by atoms with Crippen LogP contribution in [0.3, 0.4) is 0 Å². The summed E-state index contributed by atoms with van der Waals surface area (Å²) in [6.45, 7) is 2.50. The third-order valence-corrected chi connectivity index (χ3v) is 3.53. The Kier molecular flexibility index (Phi) is 4.15. The molecule has 1 heterocycles. The summed E-state index contributed by atoms with van der Waals surface area (Å²) in [6, 6.07) is 17.1. The lowest BCUT2D eigenvalue weighted by Crippen LogP contribution is -1.97. The van der Waals surface area contributed by atoms with E-state index in [1.807, 2.05) is 55.5 Å². The molecule has 0 aliphatic carbocycles. The lowest BCUT2D eigenvalue weighted by atomic mass is 10.1. The van der Waals surface area contributed by atoms with Crippen LogP contribution in [0, 0.1) is 6.92 Å². The van der Waals surface area contributed by atoms with Gasteiger partial charge in [0.05, 0.1) is 6.26 Å². The van der Waals surface area contributed by atoms with Crippen molar-refractivity contribution in [3.8, 4) is 16.9 Å². The molecule has 3 rings (SSSR count). The largest absolute Gasteiger partial charge is 0.489 e. The molecule has 4 heteroatoms. The molecule has 1 aromatic heterocycles. The van der Waals surface area contributed by atoms with Gasteiger partial charge in [0.2, 0.25) is 5.76 Å². The van der Waals surface area contributed by atoms with Crippen LogP contribution in [-0.2, 0) is 6.61 Å². The van der Waals surface area contributed by atoms with Crippen LogP contribution in [0.25, 0.3) is 11.1 Å². The monoisotopic (exact) mass is 308 g/mol. The Balaban J connectivity index is 1.78. The lowest BCUT2D eigenvalue weighted by Gasteiger charge is -2.08. The Bertz CT molecular complexity index is 815. The molecule has 0 fully saturated rings. The van der Waals surface area contributed by atoms with Crippen molar-refractivity contribution in [2.24, 2.45) is 0 Å². The van der Waals surface area contributed by atoms with Gasteiger partial charge in [-0.05, 0) is 36.2 Å². The van der Waals surface area contributed by atoms with Crippen LogP contribution in [0.15, 0.2) is 65.3 Å². The number of rotatable bonds is 5. The summed E-state index contributed by atoms with van der Waals surface area (Å²) in [6.07, 6.45) is 1.37. The molecule has 0 bridgehead atoms. The molecule has 4 nitrogen and oxygen atoms in total. The van der Waals surface area contributed by atoms with Crippen LogP contribution in [0.5, 0.6) is 5.75 Å². The van der Waals surface area contributed by atoms with E-state index in [0.717, 1.165) is 11.1 Å². The number of hydrogen-bond acceptors (Lipinski definition) is 3. The average Bonchev–Trinajstić information content (AvgIpc) is 3.05. The highest BCUT2D eigenvalue weighted by Gasteiger charge is 2.15. The van der Waals surface area contributed by atoms with Gasteiger partial charge in [-0.1, -0.05) is 42.0 Å². The van der Waals surface area contributed by atoms with Crippen molar-refractivity contribution in [3.63, 3.8) is 0 Å². The predicted octanol–water partition coefficient (Wildman–Crippen LogP) is 4.53. The number of hydrogen-bond donors (Lipinski definition) is 1. The molecule has 116 valence electrons. The maximum atomic E-state index is 11.2. The molecular formula is C19H16O4.